The molecule has 31 heavy (non-hydrogen) atoms. The first-order valence-electron chi connectivity index (χ1n) is 9.29. The summed E-state index contributed by atoms with van der Waals surface area (Å²) in [5, 5.41) is 29.7. The maximum atomic E-state index is 13.7. The zero-order valence-electron chi connectivity index (χ0n) is 16.6. The average molecular weight is 430 g/mol. The van der Waals surface area contributed by atoms with Crippen LogP contribution in [0.5, 0.6) is 5.75 Å². The van der Waals surface area contributed by atoms with Crippen LogP contribution in [0, 0.1) is 12.3 Å². The van der Waals surface area contributed by atoms with Crippen LogP contribution in [0.2, 0.25) is 0 Å². The lowest BCUT2D eigenvalue weighted by atomic mass is 10.00. The standard InChI is InChI=1S/C22H21F3N4O2/c1-12-20(31)17(11-30)16(9-28-12)10-29-19-7-6-15(8-18(19)22(23,24)25)13-2-4-14(5-3-13)21(26)27/h2-9,29-31H,10-11H2,1H3,(H3,26,27). The van der Waals surface area contributed by atoms with Crippen molar-refractivity contribution < 1.29 is 23.4 Å². The second-order valence-corrected chi connectivity index (χ2v) is 6.96. The minimum atomic E-state index is -4.61. The molecule has 3 rings (SSSR count). The van der Waals surface area contributed by atoms with E-state index >= 15 is 0 Å². The number of nitrogens with zero attached hydrogens (tertiary/aromatic N) is 1. The van der Waals surface area contributed by atoms with E-state index < -0.39 is 18.3 Å². The largest absolute Gasteiger partial charge is 0.506 e. The van der Waals surface area contributed by atoms with Gasteiger partial charge < -0.3 is 21.3 Å². The molecule has 0 spiro atoms. The summed E-state index contributed by atoms with van der Waals surface area (Å²) < 4.78 is 41.2. The molecule has 9 heteroatoms. The number of rotatable bonds is 6. The van der Waals surface area contributed by atoms with Gasteiger partial charge in [0.2, 0.25) is 0 Å². The molecule has 0 radical (unpaired) electrons. The molecule has 1 heterocycles. The van der Waals surface area contributed by atoms with Crippen LogP contribution >= 0.6 is 0 Å². The summed E-state index contributed by atoms with van der Waals surface area (Å²) in [7, 11) is 0. The number of aliphatic hydroxyl groups is 1. The monoisotopic (exact) mass is 430 g/mol. The molecule has 162 valence electrons. The zero-order valence-corrected chi connectivity index (χ0v) is 16.6. The van der Waals surface area contributed by atoms with Crippen LogP contribution in [0.3, 0.4) is 0 Å². The van der Waals surface area contributed by atoms with Crippen molar-refractivity contribution >= 4 is 11.5 Å². The topological polar surface area (TPSA) is 115 Å². The van der Waals surface area contributed by atoms with Gasteiger partial charge in [-0.15, -0.1) is 0 Å². The van der Waals surface area contributed by atoms with Gasteiger partial charge in [0.25, 0.3) is 0 Å². The molecule has 2 aromatic carbocycles. The first kappa shape index (κ1) is 22.1. The van der Waals surface area contributed by atoms with Crippen LogP contribution in [0.4, 0.5) is 18.9 Å². The van der Waals surface area contributed by atoms with Crippen LogP contribution in [-0.2, 0) is 19.3 Å². The molecule has 0 saturated carbocycles. The molecule has 3 aromatic rings. The van der Waals surface area contributed by atoms with E-state index in [4.69, 9.17) is 11.1 Å². The Labute approximate surface area is 176 Å². The number of hydrogen-bond donors (Lipinski definition) is 5. The van der Waals surface area contributed by atoms with Gasteiger partial charge in [0, 0.05) is 29.6 Å². The summed E-state index contributed by atoms with van der Waals surface area (Å²) in [5.41, 5.74) is 6.75. The van der Waals surface area contributed by atoms with Gasteiger partial charge in [-0.1, -0.05) is 30.3 Å². The molecular weight excluding hydrogens is 409 g/mol. The number of aromatic hydroxyl groups is 1. The molecule has 6 N–H and O–H groups in total. The highest BCUT2D eigenvalue weighted by Crippen LogP contribution is 2.38. The fourth-order valence-corrected chi connectivity index (χ4v) is 3.16. The summed E-state index contributed by atoms with van der Waals surface area (Å²) in [5.74, 6) is -0.303. The smallest absolute Gasteiger partial charge is 0.418 e. The van der Waals surface area contributed by atoms with Crippen molar-refractivity contribution in [2.75, 3.05) is 5.32 Å². The third-order valence-electron chi connectivity index (χ3n) is 4.91. The number of alkyl halides is 3. The summed E-state index contributed by atoms with van der Waals surface area (Å²) in [6.07, 6.45) is -3.20. The van der Waals surface area contributed by atoms with Gasteiger partial charge >= 0.3 is 6.18 Å². The molecule has 0 amide bonds. The lowest BCUT2D eigenvalue weighted by Gasteiger charge is -2.18. The van der Waals surface area contributed by atoms with Crippen molar-refractivity contribution in [3.63, 3.8) is 0 Å². The van der Waals surface area contributed by atoms with E-state index in [9.17, 15) is 23.4 Å². The van der Waals surface area contributed by atoms with E-state index in [2.05, 4.69) is 10.3 Å². The normalized spacial score (nSPS) is 11.4. The molecule has 0 saturated heterocycles. The summed E-state index contributed by atoms with van der Waals surface area (Å²) in [6, 6.07) is 10.3. The first-order chi connectivity index (χ1) is 14.6. The predicted molar refractivity (Wildman–Crippen MR) is 112 cm³/mol. The first-order valence-corrected chi connectivity index (χ1v) is 9.29. The molecule has 0 fully saturated rings. The molecule has 0 aliphatic heterocycles. The number of nitrogens with one attached hydrogen (secondary N) is 2. The van der Waals surface area contributed by atoms with Gasteiger partial charge in [-0.3, -0.25) is 10.4 Å². The number of benzene rings is 2. The van der Waals surface area contributed by atoms with E-state index in [1.165, 1.54) is 12.3 Å². The molecule has 0 unspecified atom stereocenters. The SMILES string of the molecule is Cc1ncc(CNc2ccc(-c3ccc(C(=N)N)cc3)cc2C(F)(F)F)c(CO)c1O. The minimum Gasteiger partial charge on any atom is -0.506 e. The Kier molecular flexibility index (Phi) is 6.16. The summed E-state index contributed by atoms with van der Waals surface area (Å²) >= 11 is 0. The molecule has 0 bridgehead atoms. The highest BCUT2D eigenvalue weighted by Gasteiger charge is 2.34. The van der Waals surface area contributed by atoms with Crippen molar-refractivity contribution in [1.29, 1.82) is 5.41 Å². The molecule has 0 aliphatic rings. The van der Waals surface area contributed by atoms with Crippen LogP contribution in [0.15, 0.2) is 48.7 Å². The van der Waals surface area contributed by atoms with E-state index in [0.29, 0.717) is 27.9 Å². The highest BCUT2D eigenvalue weighted by atomic mass is 19.4. The number of halogens is 3. The van der Waals surface area contributed by atoms with Gasteiger partial charge in [-0.05, 0) is 35.7 Å². The van der Waals surface area contributed by atoms with E-state index in [-0.39, 0.29) is 29.4 Å². The van der Waals surface area contributed by atoms with Crippen molar-refractivity contribution in [1.82, 2.24) is 4.98 Å². The molecule has 6 nitrogen and oxygen atoms in total. The Hall–Kier alpha value is -3.59. The Morgan fingerprint density at radius 2 is 1.77 bits per heavy atom. The average Bonchev–Trinajstić information content (AvgIpc) is 2.74. The van der Waals surface area contributed by atoms with Crippen molar-refractivity contribution in [3.8, 4) is 16.9 Å². The van der Waals surface area contributed by atoms with E-state index in [1.54, 1.807) is 37.3 Å². The van der Waals surface area contributed by atoms with Gasteiger partial charge in [0.05, 0.1) is 17.9 Å². The number of hydrogen-bond acceptors (Lipinski definition) is 5. The number of nitrogen functional groups attached to an aromatic ring is 1. The maximum absolute atomic E-state index is 13.7. The number of amidine groups is 1. The van der Waals surface area contributed by atoms with Crippen LogP contribution < -0.4 is 11.1 Å². The summed E-state index contributed by atoms with van der Waals surface area (Å²) in [4.78, 5) is 4.00. The highest BCUT2D eigenvalue weighted by molar-refractivity contribution is 5.95. The fourth-order valence-electron chi connectivity index (χ4n) is 3.16. The quantitative estimate of drug-likeness (QED) is 0.297. The Morgan fingerprint density at radius 3 is 2.35 bits per heavy atom. The van der Waals surface area contributed by atoms with Gasteiger partial charge in [0.1, 0.15) is 11.6 Å². The third-order valence-corrected chi connectivity index (χ3v) is 4.91. The number of nitrogens with two attached hydrogens (primary N) is 1. The third kappa shape index (κ3) is 4.77. The Balaban J connectivity index is 1.93. The molecule has 1 aromatic heterocycles. The minimum absolute atomic E-state index is 0.0630. The van der Waals surface area contributed by atoms with Crippen molar-refractivity contribution in [2.45, 2.75) is 26.3 Å². The van der Waals surface area contributed by atoms with E-state index in [1.807, 2.05) is 0 Å². The summed E-state index contributed by atoms with van der Waals surface area (Å²) in [6.45, 7) is 1.04. The number of anilines is 1. The number of aryl methyl sites for hydroxylation is 1. The predicted octanol–water partition coefficient (Wildman–Crippen LogP) is 4.17. The molecule has 0 aliphatic carbocycles. The van der Waals surface area contributed by atoms with Crippen LogP contribution in [0.1, 0.15) is 27.9 Å². The molecular formula is C22H21F3N4O2. The van der Waals surface area contributed by atoms with E-state index in [0.717, 1.165) is 6.07 Å². The van der Waals surface area contributed by atoms with Crippen molar-refractivity contribution in [2.24, 2.45) is 5.73 Å². The van der Waals surface area contributed by atoms with Gasteiger partial charge in [-0.2, -0.15) is 13.2 Å². The molecule has 0 atom stereocenters. The Bertz CT molecular complexity index is 1110. The Morgan fingerprint density at radius 1 is 1.13 bits per heavy atom. The van der Waals surface area contributed by atoms with Crippen LogP contribution in [-0.4, -0.2) is 21.0 Å². The maximum Gasteiger partial charge on any atom is 0.418 e. The number of aliphatic hydroxyl groups excluding tert-OH is 1. The zero-order chi connectivity index (χ0) is 22.8. The number of aromatic nitrogens is 1. The lowest BCUT2D eigenvalue weighted by Crippen LogP contribution is -2.12. The van der Waals surface area contributed by atoms with Gasteiger partial charge in [0.15, 0.2) is 0 Å². The van der Waals surface area contributed by atoms with Crippen molar-refractivity contribution in [3.05, 3.63) is 76.6 Å². The lowest BCUT2D eigenvalue weighted by molar-refractivity contribution is -0.136. The second-order valence-electron chi connectivity index (χ2n) is 6.96. The fraction of sp³-hybridized carbons (Fsp3) is 0.182. The number of pyridine rings is 1. The second kappa shape index (κ2) is 8.65. The van der Waals surface area contributed by atoms with Gasteiger partial charge in [-0.25, -0.2) is 0 Å². The van der Waals surface area contributed by atoms with Crippen LogP contribution in [0.25, 0.3) is 11.1 Å².